The molecule has 1 saturated heterocycles. The third-order valence-electron chi connectivity index (χ3n) is 2.75. The number of carbonyl (C=O) groups is 1. The summed E-state index contributed by atoms with van der Waals surface area (Å²) in [7, 11) is 0. The minimum Gasteiger partial charge on any atom is -0.376 e. The molecule has 14 heavy (non-hydrogen) atoms. The van der Waals surface area contributed by atoms with Crippen molar-refractivity contribution in [2.24, 2.45) is 5.92 Å². The number of carbonyl (C=O) groups excluding carboxylic acids is 1. The summed E-state index contributed by atoms with van der Waals surface area (Å²) in [6.07, 6.45) is -0.120. The quantitative estimate of drug-likeness (QED) is 0.744. The van der Waals surface area contributed by atoms with Crippen LogP contribution in [-0.4, -0.2) is 31.1 Å². The molecule has 0 aromatic carbocycles. The average Bonchev–Trinajstić information content (AvgIpc) is 2.88. The summed E-state index contributed by atoms with van der Waals surface area (Å²) in [5.41, 5.74) is 0. The molecule has 0 aromatic rings. The Morgan fingerprint density at radius 3 is 2.64 bits per heavy atom. The van der Waals surface area contributed by atoms with Crippen LogP contribution in [0.25, 0.3) is 0 Å². The fourth-order valence-electron chi connectivity index (χ4n) is 1.90. The van der Waals surface area contributed by atoms with Crippen LogP contribution >= 0.6 is 0 Å². The van der Waals surface area contributed by atoms with Crippen molar-refractivity contribution in [2.75, 3.05) is 6.61 Å². The average molecular weight is 205 g/mol. The van der Waals surface area contributed by atoms with Gasteiger partial charge in [0.05, 0.1) is 12.1 Å². The molecule has 2 fully saturated rings. The van der Waals surface area contributed by atoms with Crippen LogP contribution in [0.4, 0.5) is 8.78 Å². The van der Waals surface area contributed by atoms with Gasteiger partial charge in [-0.3, -0.25) is 4.79 Å². The number of alkyl halides is 2. The Morgan fingerprint density at radius 1 is 1.36 bits per heavy atom. The maximum atomic E-state index is 12.0. The third kappa shape index (κ3) is 2.03. The van der Waals surface area contributed by atoms with Gasteiger partial charge in [-0.2, -0.15) is 8.78 Å². The molecule has 0 bridgehead atoms. The van der Waals surface area contributed by atoms with Gasteiger partial charge in [-0.1, -0.05) is 0 Å². The molecule has 0 aromatic heterocycles. The van der Waals surface area contributed by atoms with Crippen LogP contribution < -0.4 is 5.32 Å². The number of rotatable bonds is 3. The van der Waals surface area contributed by atoms with Crippen molar-refractivity contribution in [2.45, 2.75) is 37.8 Å². The lowest BCUT2D eigenvalue weighted by atomic mass is 10.1. The standard InChI is InChI=1S/C9H13F2NO2/c10-8(11)9(13)12-6-3-4-14-7(6)5-1-2-5/h5-8H,1-4H2,(H,12,13). The molecule has 1 aliphatic carbocycles. The number of ether oxygens (including phenoxy) is 1. The number of hydrogen-bond acceptors (Lipinski definition) is 2. The van der Waals surface area contributed by atoms with Crippen molar-refractivity contribution in [3.05, 3.63) is 0 Å². The van der Waals surface area contributed by atoms with Crippen LogP contribution in [0, 0.1) is 5.92 Å². The van der Waals surface area contributed by atoms with E-state index in [1.165, 1.54) is 0 Å². The Balaban J connectivity index is 1.86. The van der Waals surface area contributed by atoms with Gasteiger partial charge in [0.1, 0.15) is 0 Å². The predicted octanol–water partition coefficient (Wildman–Crippen LogP) is 0.935. The van der Waals surface area contributed by atoms with Crippen molar-refractivity contribution >= 4 is 5.91 Å². The van der Waals surface area contributed by atoms with Crippen LogP contribution in [0.3, 0.4) is 0 Å². The van der Waals surface area contributed by atoms with Gasteiger partial charge in [0.25, 0.3) is 5.91 Å². The number of halogens is 2. The molecule has 1 aliphatic heterocycles. The highest BCUT2D eigenvalue weighted by Crippen LogP contribution is 2.38. The zero-order valence-corrected chi connectivity index (χ0v) is 7.71. The second kappa shape index (κ2) is 3.81. The summed E-state index contributed by atoms with van der Waals surface area (Å²) in [6.45, 7) is 0.565. The summed E-state index contributed by atoms with van der Waals surface area (Å²) in [4.78, 5) is 10.8. The molecule has 1 amide bonds. The molecule has 3 nitrogen and oxygen atoms in total. The Bertz CT molecular complexity index is 231. The topological polar surface area (TPSA) is 38.3 Å². The molecule has 1 saturated carbocycles. The minimum absolute atomic E-state index is 0.0299. The maximum Gasteiger partial charge on any atom is 0.315 e. The second-order valence-electron chi connectivity index (χ2n) is 3.88. The van der Waals surface area contributed by atoms with Crippen LogP contribution in [0.2, 0.25) is 0 Å². The third-order valence-corrected chi connectivity index (χ3v) is 2.75. The first-order valence-corrected chi connectivity index (χ1v) is 4.88. The Kier molecular flexibility index (Phi) is 2.67. The molecule has 0 spiro atoms. The number of hydrogen-bond donors (Lipinski definition) is 1. The molecule has 2 unspecified atom stereocenters. The SMILES string of the molecule is O=C(NC1CCOC1C1CC1)C(F)F. The van der Waals surface area contributed by atoms with Gasteiger partial charge in [0.15, 0.2) is 0 Å². The van der Waals surface area contributed by atoms with E-state index in [1.807, 2.05) is 0 Å². The van der Waals surface area contributed by atoms with E-state index < -0.39 is 12.3 Å². The lowest BCUT2D eigenvalue weighted by Gasteiger charge is -2.18. The Morgan fingerprint density at radius 2 is 2.07 bits per heavy atom. The molecule has 2 aliphatic rings. The fraction of sp³-hybridized carbons (Fsp3) is 0.889. The van der Waals surface area contributed by atoms with E-state index in [0.717, 1.165) is 12.8 Å². The zero-order chi connectivity index (χ0) is 10.1. The monoisotopic (exact) mass is 205 g/mol. The zero-order valence-electron chi connectivity index (χ0n) is 7.71. The lowest BCUT2D eigenvalue weighted by molar-refractivity contribution is -0.133. The van der Waals surface area contributed by atoms with E-state index in [0.29, 0.717) is 18.9 Å². The molecule has 1 N–H and O–H groups in total. The molecule has 2 atom stereocenters. The molecule has 1 heterocycles. The largest absolute Gasteiger partial charge is 0.376 e. The molecule has 2 rings (SSSR count). The van der Waals surface area contributed by atoms with Crippen molar-refractivity contribution in [3.63, 3.8) is 0 Å². The fourth-order valence-corrected chi connectivity index (χ4v) is 1.90. The van der Waals surface area contributed by atoms with Gasteiger partial charge in [-0.25, -0.2) is 0 Å². The first kappa shape index (κ1) is 9.83. The van der Waals surface area contributed by atoms with Gasteiger partial charge in [-0.15, -0.1) is 0 Å². The highest BCUT2D eigenvalue weighted by atomic mass is 19.3. The Labute approximate surface area is 80.8 Å². The van der Waals surface area contributed by atoms with E-state index in [1.54, 1.807) is 0 Å². The van der Waals surface area contributed by atoms with E-state index >= 15 is 0 Å². The normalized spacial score (nSPS) is 32.2. The van der Waals surface area contributed by atoms with Crippen molar-refractivity contribution in [1.82, 2.24) is 5.32 Å². The van der Waals surface area contributed by atoms with E-state index in [4.69, 9.17) is 4.74 Å². The highest BCUT2D eigenvalue weighted by Gasteiger charge is 2.41. The first-order valence-electron chi connectivity index (χ1n) is 4.88. The van der Waals surface area contributed by atoms with Gasteiger partial charge in [0.2, 0.25) is 0 Å². The van der Waals surface area contributed by atoms with Crippen LogP contribution in [-0.2, 0) is 9.53 Å². The lowest BCUT2D eigenvalue weighted by Crippen LogP contribution is -2.43. The smallest absolute Gasteiger partial charge is 0.315 e. The van der Waals surface area contributed by atoms with Crippen LogP contribution in [0.15, 0.2) is 0 Å². The summed E-state index contributed by atoms with van der Waals surface area (Å²) in [5, 5.41) is 2.34. The van der Waals surface area contributed by atoms with Crippen molar-refractivity contribution in [3.8, 4) is 0 Å². The van der Waals surface area contributed by atoms with Gasteiger partial charge < -0.3 is 10.1 Å². The summed E-state index contributed by atoms with van der Waals surface area (Å²) in [5.74, 6) is -0.702. The summed E-state index contributed by atoms with van der Waals surface area (Å²) >= 11 is 0. The molecule has 80 valence electrons. The second-order valence-corrected chi connectivity index (χ2v) is 3.88. The van der Waals surface area contributed by atoms with Gasteiger partial charge in [-0.05, 0) is 25.2 Å². The Hall–Kier alpha value is -0.710. The molecular weight excluding hydrogens is 192 g/mol. The molecule has 0 radical (unpaired) electrons. The van der Waals surface area contributed by atoms with Crippen LogP contribution in [0.5, 0.6) is 0 Å². The maximum absolute atomic E-state index is 12.0. The van der Waals surface area contributed by atoms with Crippen LogP contribution in [0.1, 0.15) is 19.3 Å². The van der Waals surface area contributed by atoms with Crippen molar-refractivity contribution < 1.29 is 18.3 Å². The minimum atomic E-state index is -2.92. The summed E-state index contributed by atoms with van der Waals surface area (Å²) < 4.78 is 29.4. The van der Waals surface area contributed by atoms with E-state index in [-0.39, 0.29) is 12.1 Å². The predicted molar refractivity (Wildman–Crippen MR) is 45.0 cm³/mol. The number of amides is 1. The number of nitrogens with one attached hydrogen (secondary N) is 1. The van der Waals surface area contributed by atoms with E-state index in [9.17, 15) is 13.6 Å². The van der Waals surface area contributed by atoms with E-state index in [2.05, 4.69) is 5.32 Å². The highest BCUT2D eigenvalue weighted by molar-refractivity contribution is 5.79. The molecule has 5 heteroatoms. The first-order chi connectivity index (χ1) is 6.68. The summed E-state index contributed by atoms with van der Waals surface area (Å²) in [6, 6.07) is -0.205. The van der Waals surface area contributed by atoms with Gasteiger partial charge >= 0.3 is 6.43 Å². The van der Waals surface area contributed by atoms with Gasteiger partial charge in [0, 0.05) is 6.61 Å². The van der Waals surface area contributed by atoms with Crippen molar-refractivity contribution in [1.29, 1.82) is 0 Å². The molecular formula is C9H13F2NO2.